The van der Waals surface area contributed by atoms with Crippen LogP contribution in [0, 0.1) is 24.7 Å². The summed E-state index contributed by atoms with van der Waals surface area (Å²) in [7, 11) is 1.82. The molecular formula is C22H27N3O2. The number of hydrogen-bond acceptors (Lipinski definition) is 3. The standard InChI is InChI=1S/C22H27N3O2/c1-14-20(27-18-6-4-3-5-7-18)19(25(2)24-14)21(26)23-22-11-15-8-16(12-22)10-17(9-15)13-22/h3-7,15-17H,8-13H2,1-2H3,(H,23,26). The molecule has 4 bridgehead atoms. The number of carbonyl (C=O) groups excluding carboxylic acids is 1. The van der Waals surface area contributed by atoms with Gasteiger partial charge in [-0.15, -0.1) is 0 Å². The molecule has 1 heterocycles. The zero-order chi connectivity index (χ0) is 18.6. The smallest absolute Gasteiger partial charge is 0.273 e. The van der Waals surface area contributed by atoms with Gasteiger partial charge in [0.2, 0.25) is 0 Å². The van der Waals surface area contributed by atoms with E-state index in [1.165, 1.54) is 19.3 Å². The average molecular weight is 365 g/mol. The molecule has 4 fully saturated rings. The van der Waals surface area contributed by atoms with Crippen LogP contribution in [0.5, 0.6) is 11.5 Å². The van der Waals surface area contributed by atoms with Crippen LogP contribution in [-0.4, -0.2) is 21.2 Å². The van der Waals surface area contributed by atoms with Crippen LogP contribution in [0.1, 0.15) is 54.7 Å². The predicted octanol–water partition coefficient (Wildman–Crippen LogP) is 4.22. The summed E-state index contributed by atoms with van der Waals surface area (Å²) in [5.74, 6) is 3.62. The van der Waals surface area contributed by atoms with Crippen molar-refractivity contribution < 1.29 is 9.53 Å². The summed E-state index contributed by atoms with van der Waals surface area (Å²) in [6, 6.07) is 9.59. The Hall–Kier alpha value is -2.30. The molecule has 5 heteroatoms. The van der Waals surface area contributed by atoms with Crippen LogP contribution in [-0.2, 0) is 7.05 Å². The lowest BCUT2D eigenvalue weighted by Crippen LogP contribution is -2.60. The Labute approximate surface area is 160 Å². The van der Waals surface area contributed by atoms with Crippen LogP contribution < -0.4 is 10.1 Å². The number of rotatable bonds is 4. The Bertz CT molecular complexity index is 836. The molecule has 1 N–H and O–H groups in total. The largest absolute Gasteiger partial charge is 0.453 e. The minimum Gasteiger partial charge on any atom is -0.453 e. The highest BCUT2D eigenvalue weighted by Gasteiger charge is 2.51. The van der Waals surface area contributed by atoms with Gasteiger partial charge in [-0.2, -0.15) is 5.10 Å². The lowest BCUT2D eigenvalue weighted by Gasteiger charge is -2.56. The number of benzene rings is 1. The molecule has 1 aromatic heterocycles. The molecule has 0 saturated heterocycles. The highest BCUT2D eigenvalue weighted by molar-refractivity contribution is 5.96. The van der Waals surface area contributed by atoms with Gasteiger partial charge in [0.25, 0.3) is 5.91 Å². The number of amides is 1. The second-order valence-electron chi connectivity index (χ2n) is 8.95. The van der Waals surface area contributed by atoms with E-state index in [1.807, 2.05) is 44.3 Å². The summed E-state index contributed by atoms with van der Waals surface area (Å²) in [5, 5.41) is 7.89. The minimum absolute atomic E-state index is 0.0198. The molecule has 142 valence electrons. The van der Waals surface area contributed by atoms with Gasteiger partial charge in [-0.25, -0.2) is 0 Å². The normalized spacial score (nSPS) is 31.1. The fourth-order valence-corrected chi connectivity index (χ4v) is 6.18. The number of para-hydroxylation sites is 1. The van der Waals surface area contributed by atoms with E-state index in [0.29, 0.717) is 11.4 Å². The molecule has 1 amide bonds. The summed E-state index contributed by atoms with van der Waals surface area (Å²) in [5.41, 5.74) is 1.23. The molecule has 0 spiro atoms. The Morgan fingerprint density at radius 3 is 2.30 bits per heavy atom. The molecule has 0 atom stereocenters. The topological polar surface area (TPSA) is 56.2 Å². The second-order valence-corrected chi connectivity index (χ2v) is 8.95. The van der Waals surface area contributed by atoms with Crippen molar-refractivity contribution in [2.45, 2.75) is 51.0 Å². The minimum atomic E-state index is -0.0500. The number of aromatic nitrogens is 2. The van der Waals surface area contributed by atoms with Gasteiger partial charge in [0, 0.05) is 12.6 Å². The molecule has 4 aliphatic rings. The number of hydrogen-bond donors (Lipinski definition) is 1. The summed E-state index contributed by atoms with van der Waals surface area (Å²) in [6.07, 6.45) is 7.50. The predicted molar refractivity (Wildman–Crippen MR) is 103 cm³/mol. The number of carbonyl (C=O) groups is 1. The molecule has 5 nitrogen and oxygen atoms in total. The lowest BCUT2D eigenvalue weighted by molar-refractivity contribution is -0.0168. The fraction of sp³-hybridized carbons (Fsp3) is 0.545. The zero-order valence-corrected chi connectivity index (χ0v) is 16.1. The molecule has 4 aliphatic carbocycles. The first-order valence-electron chi connectivity index (χ1n) is 10.1. The van der Waals surface area contributed by atoms with E-state index in [9.17, 15) is 4.79 Å². The number of nitrogens with zero attached hydrogens (tertiary/aromatic N) is 2. The summed E-state index contributed by atoms with van der Waals surface area (Å²) in [4.78, 5) is 13.3. The number of ether oxygens (including phenoxy) is 1. The third-order valence-corrected chi connectivity index (χ3v) is 6.76. The van der Waals surface area contributed by atoms with Crippen LogP contribution in [0.4, 0.5) is 0 Å². The van der Waals surface area contributed by atoms with Crippen molar-refractivity contribution >= 4 is 5.91 Å². The van der Waals surface area contributed by atoms with E-state index in [4.69, 9.17) is 4.74 Å². The molecule has 2 aromatic rings. The first-order chi connectivity index (χ1) is 13.0. The van der Waals surface area contributed by atoms with Gasteiger partial charge in [-0.05, 0) is 75.3 Å². The Kier molecular flexibility index (Phi) is 3.81. The quantitative estimate of drug-likeness (QED) is 0.883. The molecule has 0 radical (unpaired) electrons. The third-order valence-electron chi connectivity index (χ3n) is 6.76. The van der Waals surface area contributed by atoms with Crippen molar-refractivity contribution in [2.24, 2.45) is 24.8 Å². The molecule has 0 unspecified atom stereocenters. The highest BCUT2D eigenvalue weighted by Crippen LogP contribution is 2.55. The molecular weight excluding hydrogens is 338 g/mol. The van der Waals surface area contributed by atoms with Crippen molar-refractivity contribution in [3.05, 3.63) is 41.7 Å². The Morgan fingerprint density at radius 2 is 1.70 bits per heavy atom. The van der Waals surface area contributed by atoms with Gasteiger partial charge in [-0.1, -0.05) is 18.2 Å². The molecule has 4 saturated carbocycles. The van der Waals surface area contributed by atoms with Crippen molar-refractivity contribution in [3.8, 4) is 11.5 Å². The first-order valence-corrected chi connectivity index (χ1v) is 10.1. The first kappa shape index (κ1) is 16.8. The Balaban J connectivity index is 1.42. The number of nitrogens with one attached hydrogen (secondary N) is 1. The van der Waals surface area contributed by atoms with Crippen molar-refractivity contribution in [1.29, 1.82) is 0 Å². The van der Waals surface area contributed by atoms with Gasteiger partial charge in [0.15, 0.2) is 11.4 Å². The third kappa shape index (κ3) is 2.93. The maximum absolute atomic E-state index is 13.3. The van der Waals surface area contributed by atoms with Crippen LogP contribution in [0.25, 0.3) is 0 Å². The van der Waals surface area contributed by atoms with E-state index >= 15 is 0 Å². The molecule has 27 heavy (non-hydrogen) atoms. The lowest BCUT2D eigenvalue weighted by atomic mass is 9.53. The van der Waals surface area contributed by atoms with Crippen LogP contribution in [0.2, 0.25) is 0 Å². The van der Waals surface area contributed by atoms with E-state index in [2.05, 4.69) is 10.4 Å². The van der Waals surface area contributed by atoms with Crippen LogP contribution in [0.3, 0.4) is 0 Å². The van der Waals surface area contributed by atoms with E-state index in [1.54, 1.807) is 4.68 Å². The Morgan fingerprint density at radius 1 is 1.11 bits per heavy atom. The van der Waals surface area contributed by atoms with Crippen molar-refractivity contribution in [3.63, 3.8) is 0 Å². The van der Waals surface area contributed by atoms with Gasteiger partial charge in [-0.3, -0.25) is 9.48 Å². The van der Waals surface area contributed by atoms with Crippen molar-refractivity contribution in [2.75, 3.05) is 0 Å². The van der Waals surface area contributed by atoms with E-state index in [0.717, 1.165) is 48.5 Å². The zero-order valence-electron chi connectivity index (χ0n) is 16.1. The van der Waals surface area contributed by atoms with Gasteiger partial charge in [0.05, 0.1) is 0 Å². The summed E-state index contributed by atoms with van der Waals surface area (Å²) < 4.78 is 7.72. The molecule has 6 rings (SSSR count). The van der Waals surface area contributed by atoms with E-state index in [-0.39, 0.29) is 11.4 Å². The molecule has 1 aromatic carbocycles. The summed E-state index contributed by atoms with van der Waals surface area (Å²) in [6.45, 7) is 1.89. The SMILES string of the molecule is Cc1nn(C)c(C(=O)NC23CC4CC(CC(C4)C2)C3)c1Oc1ccccc1. The van der Waals surface area contributed by atoms with Crippen molar-refractivity contribution in [1.82, 2.24) is 15.1 Å². The maximum atomic E-state index is 13.3. The highest BCUT2D eigenvalue weighted by atomic mass is 16.5. The average Bonchev–Trinajstić information content (AvgIpc) is 2.87. The summed E-state index contributed by atoms with van der Waals surface area (Å²) >= 11 is 0. The van der Waals surface area contributed by atoms with Gasteiger partial charge < -0.3 is 10.1 Å². The van der Waals surface area contributed by atoms with Crippen LogP contribution >= 0.6 is 0 Å². The van der Waals surface area contributed by atoms with Crippen LogP contribution in [0.15, 0.2) is 30.3 Å². The maximum Gasteiger partial charge on any atom is 0.273 e. The van der Waals surface area contributed by atoms with Gasteiger partial charge in [0.1, 0.15) is 11.4 Å². The second kappa shape index (κ2) is 6.11. The number of aryl methyl sites for hydroxylation is 2. The molecule has 0 aliphatic heterocycles. The monoisotopic (exact) mass is 365 g/mol. The van der Waals surface area contributed by atoms with E-state index < -0.39 is 0 Å². The fourth-order valence-electron chi connectivity index (χ4n) is 6.18. The van der Waals surface area contributed by atoms with Gasteiger partial charge >= 0.3 is 0 Å².